The summed E-state index contributed by atoms with van der Waals surface area (Å²) in [6, 6.07) is 8.51. The van der Waals surface area contributed by atoms with Gasteiger partial charge in [0, 0.05) is 18.3 Å². The van der Waals surface area contributed by atoms with Crippen LogP contribution >= 0.6 is 23.1 Å². The summed E-state index contributed by atoms with van der Waals surface area (Å²) in [5.74, 6) is -1.61. The highest BCUT2D eigenvalue weighted by atomic mass is 32.2. The molecule has 3 aromatic heterocycles. The molecule has 0 atom stereocenters. The van der Waals surface area contributed by atoms with Crippen LogP contribution in [0.25, 0.3) is 21.9 Å². The van der Waals surface area contributed by atoms with Gasteiger partial charge in [0.25, 0.3) is 0 Å². The van der Waals surface area contributed by atoms with E-state index in [4.69, 9.17) is 4.52 Å². The quantitative estimate of drug-likeness (QED) is 0.232. The molecule has 0 N–H and O–H groups in total. The van der Waals surface area contributed by atoms with E-state index in [2.05, 4.69) is 15.1 Å². The van der Waals surface area contributed by atoms with Gasteiger partial charge in [-0.1, -0.05) is 23.0 Å². The number of Topliss-reactive ketones (excluding diaryl/α,β-unsaturated/α-hetero) is 1. The van der Waals surface area contributed by atoms with Crippen LogP contribution in [0.3, 0.4) is 0 Å². The highest BCUT2D eigenvalue weighted by molar-refractivity contribution is 7.99. The van der Waals surface area contributed by atoms with E-state index in [1.807, 2.05) is 24.4 Å². The highest BCUT2D eigenvalue weighted by Crippen LogP contribution is 2.34. The predicted octanol–water partition coefficient (Wildman–Crippen LogP) is 5.42. The number of halogens is 2. The Labute approximate surface area is 172 Å². The number of thioether (sulfide) groups is 1. The molecule has 4 rings (SSSR count). The van der Waals surface area contributed by atoms with E-state index in [-0.39, 0.29) is 11.3 Å². The van der Waals surface area contributed by atoms with Crippen molar-refractivity contribution in [3.05, 3.63) is 70.9 Å². The second-order valence-electron chi connectivity index (χ2n) is 6.06. The molecule has 29 heavy (non-hydrogen) atoms. The van der Waals surface area contributed by atoms with Crippen LogP contribution < -0.4 is 0 Å². The average Bonchev–Trinajstić information content (AvgIpc) is 3.38. The third-order valence-electron chi connectivity index (χ3n) is 3.98. The second-order valence-corrected chi connectivity index (χ2v) is 7.95. The summed E-state index contributed by atoms with van der Waals surface area (Å²) in [5, 5.41) is 6.20. The molecule has 3 heterocycles. The normalized spacial score (nSPS) is 11.0. The number of hydrogen-bond acceptors (Lipinski definition) is 7. The van der Waals surface area contributed by atoms with Gasteiger partial charge in [-0.05, 0) is 30.5 Å². The zero-order valence-electron chi connectivity index (χ0n) is 15.1. The first-order valence-corrected chi connectivity index (χ1v) is 10.3. The molecule has 0 saturated heterocycles. The summed E-state index contributed by atoms with van der Waals surface area (Å²) >= 11 is 2.59. The van der Waals surface area contributed by atoms with E-state index in [0.717, 1.165) is 34.5 Å². The minimum absolute atomic E-state index is 0.0762. The van der Waals surface area contributed by atoms with Gasteiger partial charge in [-0.25, -0.2) is 18.7 Å². The summed E-state index contributed by atoms with van der Waals surface area (Å²) in [5.41, 5.74) is 1.93. The molecule has 9 heteroatoms. The van der Waals surface area contributed by atoms with Gasteiger partial charge < -0.3 is 4.52 Å². The molecule has 146 valence electrons. The Kier molecular flexibility index (Phi) is 5.50. The summed E-state index contributed by atoms with van der Waals surface area (Å²) < 4.78 is 32.2. The molecule has 0 saturated carbocycles. The fraction of sp³-hybridized carbons (Fsp3) is 0.100. The Morgan fingerprint density at radius 2 is 2.10 bits per heavy atom. The fourth-order valence-corrected chi connectivity index (χ4v) is 4.06. The highest BCUT2D eigenvalue weighted by Gasteiger charge is 2.18. The molecule has 0 spiro atoms. The molecule has 0 radical (unpaired) electrons. The number of ketones is 1. The van der Waals surface area contributed by atoms with E-state index in [1.54, 1.807) is 12.3 Å². The third kappa shape index (κ3) is 4.25. The number of carbonyl (C=O) groups excluding carboxylic acids is 1. The van der Waals surface area contributed by atoms with Crippen LogP contribution in [-0.4, -0.2) is 26.7 Å². The first kappa shape index (κ1) is 19.4. The van der Waals surface area contributed by atoms with Gasteiger partial charge in [-0.3, -0.25) is 4.79 Å². The van der Waals surface area contributed by atoms with Gasteiger partial charge in [0.2, 0.25) is 0 Å². The molecule has 0 unspecified atom stereocenters. The van der Waals surface area contributed by atoms with Gasteiger partial charge >= 0.3 is 0 Å². The van der Waals surface area contributed by atoms with Crippen LogP contribution in [-0.2, 0) is 0 Å². The summed E-state index contributed by atoms with van der Waals surface area (Å²) in [6.45, 7) is 1.82. The smallest absolute Gasteiger partial charge is 0.188 e. The van der Waals surface area contributed by atoms with Crippen LogP contribution in [0.15, 0.2) is 57.7 Å². The maximum absolute atomic E-state index is 13.8. The third-order valence-corrected chi connectivity index (χ3v) is 5.72. The minimum atomic E-state index is -0.883. The van der Waals surface area contributed by atoms with Gasteiger partial charge in [0.05, 0.1) is 33.1 Å². The maximum Gasteiger partial charge on any atom is 0.188 e. The summed E-state index contributed by atoms with van der Waals surface area (Å²) in [6.07, 6.45) is 1.62. The van der Waals surface area contributed by atoms with Gasteiger partial charge in [-0.2, -0.15) is 0 Å². The van der Waals surface area contributed by atoms with Crippen molar-refractivity contribution in [2.24, 2.45) is 0 Å². The lowest BCUT2D eigenvalue weighted by atomic mass is 10.1. The zero-order valence-corrected chi connectivity index (χ0v) is 16.7. The summed E-state index contributed by atoms with van der Waals surface area (Å²) in [7, 11) is 0. The van der Waals surface area contributed by atoms with Gasteiger partial charge in [0.1, 0.15) is 11.6 Å². The number of hydrogen-bond donors (Lipinski definition) is 0. The van der Waals surface area contributed by atoms with Crippen molar-refractivity contribution in [3.63, 3.8) is 0 Å². The van der Waals surface area contributed by atoms with E-state index >= 15 is 0 Å². The average molecular weight is 429 g/mol. The molecular weight excluding hydrogens is 416 g/mol. The van der Waals surface area contributed by atoms with Crippen molar-refractivity contribution in [3.8, 4) is 21.9 Å². The maximum atomic E-state index is 13.8. The molecule has 0 fully saturated rings. The second kappa shape index (κ2) is 8.22. The van der Waals surface area contributed by atoms with Crippen LogP contribution in [0.4, 0.5) is 8.78 Å². The molecule has 5 nitrogen and oxygen atoms in total. The van der Waals surface area contributed by atoms with Crippen LogP contribution in [0.1, 0.15) is 16.1 Å². The molecule has 0 aliphatic carbocycles. The Hall–Kier alpha value is -2.91. The van der Waals surface area contributed by atoms with Crippen LogP contribution in [0.5, 0.6) is 0 Å². The molecular formula is C20H13F2N3O2S2. The Balaban J connectivity index is 1.60. The topological polar surface area (TPSA) is 68.9 Å². The largest absolute Gasteiger partial charge is 0.356 e. The molecule has 0 aliphatic heterocycles. The first-order valence-electron chi connectivity index (χ1n) is 8.47. The zero-order chi connectivity index (χ0) is 20.4. The van der Waals surface area contributed by atoms with Gasteiger partial charge in [0.15, 0.2) is 16.7 Å². The SMILES string of the molecule is Cc1cc(-c2cnc(SCC(=O)c3ccc(F)cc3F)nc2-c2cccs2)on1. The van der Waals surface area contributed by atoms with Crippen LogP contribution in [0, 0.1) is 18.6 Å². The lowest BCUT2D eigenvalue weighted by molar-refractivity contribution is 0.101. The molecule has 1 aromatic carbocycles. The van der Waals surface area contributed by atoms with E-state index < -0.39 is 17.4 Å². The number of rotatable bonds is 6. The number of benzene rings is 1. The van der Waals surface area contributed by atoms with E-state index in [1.165, 1.54) is 11.3 Å². The van der Waals surface area contributed by atoms with Crippen molar-refractivity contribution in [2.45, 2.75) is 12.1 Å². The monoisotopic (exact) mass is 429 g/mol. The van der Waals surface area contributed by atoms with Gasteiger partial charge in [-0.15, -0.1) is 11.3 Å². The Bertz CT molecular complexity index is 1180. The molecule has 0 aliphatic rings. The number of aryl methyl sites for hydroxylation is 1. The Morgan fingerprint density at radius 1 is 1.24 bits per heavy atom. The van der Waals surface area contributed by atoms with Crippen molar-refractivity contribution in [1.82, 2.24) is 15.1 Å². The number of aromatic nitrogens is 3. The molecule has 0 amide bonds. The first-order chi connectivity index (χ1) is 14.0. The van der Waals surface area contributed by atoms with Crippen molar-refractivity contribution >= 4 is 28.9 Å². The number of thiophene rings is 1. The lowest BCUT2D eigenvalue weighted by Crippen LogP contribution is -2.06. The predicted molar refractivity (Wildman–Crippen MR) is 107 cm³/mol. The van der Waals surface area contributed by atoms with Crippen molar-refractivity contribution in [2.75, 3.05) is 5.75 Å². The standard InChI is InChI=1S/C20H13F2N3O2S2/c1-11-7-17(27-25-11)14-9-23-20(24-19(14)18-3-2-6-28-18)29-10-16(26)13-5-4-12(21)8-15(13)22/h2-9H,10H2,1H3. The van der Waals surface area contributed by atoms with Crippen molar-refractivity contribution in [1.29, 1.82) is 0 Å². The van der Waals surface area contributed by atoms with E-state index in [0.29, 0.717) is 28.2 Å². The van der Waals surface area contributed by atoms with Crippen LogP contribution in [0.2, 0.25) is 0 Å². The number of nitrogens with zero attached hydrogens (tertiary/aromatic N) is 3. The minimum Gasteiger partial charge on any atom is -0.356 e. The van der Waals surface area contributed by atoms with E-state index in [9.17, 15) is 13.6 Å². The number of carbonyl (C=O) groups is 1. The molecule has 0 bridgehead atoms. The Morgan fingerprint density at radius 3 is 2.79 bits per heavy atom. The van der Waals surface area contributed by atoms with Crippen molar-refractivity contribution < 1.29 is 18.1 Å². The fourth-order valence-electron chi connectivity index (χ4n) is 2.63. The lowest BCUT2D eigenvalue weighted by Gasteiger charge is -2.07. The summed E-state index contributed by atoms with van der Waals surface area (Å²) in [4.78, 5) is 22.1. The molecule has 4 aromatic rings.